The van der Waals surface area contributed by atoms with Crippen molar-refractivity contribution in [2.45, 2.75) is 57.9 Å². The molecule has 2 rings (SSSR count). The smallest absolute Gasteiger partial charge is 0.147 e. The molecule has 1 aliphatic carbocycles. The normalized spacial score (nSPS) is 45.6. The fraction of sp³-hybridized carbons (Fsp3) is 1.00. The van der Waals surface area contributed by atoms with Crippen molar-refractivity contribution in [3.05, 3.63) is 0 Å². The zero-order chi connectivity index (χ0) is 11.6. The Balaban J connectivity index is 1.98. The van der Waals surface area contributed by atoms with Gasteiger partial charge in [0, 0.05) is 12.8 Å². The summed E-state index contributed by atoms with van der Waals surface area (Å²) in [6.45, 7) is 8.80. The van der Waals surface area contributed by atoms with Gasteiger partial charge in [-0.3, -0.25) is 0 Å². The Labute approximate surface area is 101 Å². The SMILES string of the molecule is CC1CC[NH+](C2(C[NH3+])CCC(C)CC2)CC1. The Hall–Kier alpha value is -0.0800. The van der Waals surface area contributed by atoms with Crippen molar-refractivity contribution in [2.24, 2.45) is 11.8 Å². The van der Waals surface area contributed by atoms with Gasteiger partial charge in [-0.05, 0) is 37.5 Å². The van der Waals surface area contributed by atoms with Crippen LogP contribution in [0.15, 0.2) is 0 Å². The zero-order valence-corrected chi connectivity index (χ0v) is 11.2. The predicted octanol–water partition coefficient (Wildman–Crippen LogP) is 0.492. The van der Waals surface area contributed by atoms with Gasteiger partial charge in [0.2, 0.25) is 0 Å². The highest BCUT2D eigenvalue weighted by Gasteiger charge is 2.44. The molecular weight excluding hydrogens is 196 g/mol. The maximum atomic E-state index is 4.28. The van der Waals surface area contributed by atoms with Crippen LogP contribution < -0.4 is 10.6 Å². The van der Waals surface area contributed by atoms with Gasteiger partial charge >= 0.3 is 0 Å². The average molecular weight is 226 g/mol. The molecule has 1 saturated heterocycles. The van der Waals surface area contributed by atoms with Crippen LogP contribution in [0.3, 0.4) is 0 Å². The van der Waals surface area contributed by atoms with E-state index in [1.807, 2.05) is 4.90 Å². The molecule has 0 unspecified atom stereocenters. The number of hydrogen-bond acceptors (Lipinski definition) is 0. The minimum atomic E-state index is 0.562. The van der Waals surface area contributed by atoms with E-state index in [2.05, 4.69) is 19.6 Å². The molecule has 0 amide bonds. The van der Waals surface area contributed by atoms with Gasteiger partial charge in [-0.2, -0.15) is 0 Å². The van der Waals surface area contributed by atoms with Crippen LogP contribution in [0, 0.1) is 11.8 Å². The second-order valence-corrected chi connectivity index (χ2v) is 6.50. The predicted molar refractivity (Wildman–Crippen MR) is 67.2 cm³/mol. The Morgan fingerprint density at radius 1 is 1.00 bits per heavy atom. The van der Waals surface area contributed by atoms with Gasteiger partial charge < -0.3 is 10.6 Å². The van der Waals surface area contributed by atoms with Crippen molar-refractivity contribution < 1.29 is 10.6 Å². The molecule has 94 valence electrons. The van der Waals surface area contributed by atoms with E-state index in [0.29, 0.717) is 5.54 Å². The van der Waals surface area contributed by atoms with Crippen molar-refractivity contribution in [1.82, 2.24) is 0 Å². The first-order valence-corrected chi connectivity index (χ1v) is 7.31. The number of hydrogen-bond donors (Lipinski definition) is 2. The topological polar surface area (TPSA) is 32.1 Å². The average Bonchev–Trinajstić information content (AvgIpc) is 2.32. The van der Waals surface area contributed by atoms with E-state index in [1.165, 1.54) is 51.6 Å². The van der Waals surface area contributed by atoms with Crippen molar-refractivity contribution in [3.8, 4) is 0 Å². The Bertz CT molecular complexity index is 211. The van der Waals surface area contributed by atoms with Gasteiger partial charge in [-0.25, -0.2) is 0 Å². The standard InChI is InChI=1S/C14H28N2/c1-12-3-7-14(11-15,8-4-12)16-9-5-13(2)6-10-16/h12-13H,3-11,15H2,1-2H3/p+2. The highest BCUT2D eigenvalue weighted by molar-refractivity contribution is 4.84. The van der Waals surface area contributed by atoms with Crippen molar-refractivity contribution >= 4 is 0 Å². The molecule has 0 bridgehead atoms. The summed E-state index contributed by atoms with van der Waals surface area (Å²) < 4.78 is 0. The van der Waals surface area contributed by atoms with Crippen LogP contribution in [-0.4, -0.2) is 25.2 Å². The van der Waals surface area contributed by atoms with Gasteiger partial charge in [0.15, 0.2) is 0 Å². The molecule has 1 saturated carbocycles. The third kappa shape index (κ3) is 2.43. The molecule has 0 aromatic rings. The fourth-order valence-electron chi connectivity index (χ4n) is 3.74. The lowest BCUT2D eigenvalue weighted by Gasteiger charge is -2.45. The van der Waals surface area contributed by atoms with Crippen LogP contribution in [-0.2, 0) is 0 Å². The van der Waals surface area contributed by atoms with Crippen LogP contribution in [0.25, 0.3) is 0 Å². The molecule has 4 N–H and O–H groups in total. The fourth-order valence-corrected chi connectivity index (χ4v) is 3.74. The first kappa shape index (κ1) is 12.4. The number of quaternary nitrogens is 2. The number of likely N-dealkylation sites (tertiary alicyclic amines) is 1. The lowest BCUT2D eigenvalue weighted by Crippen LogP contribution is -3.23. The van der Waals surface area contributed by atoms with Crippen LogP contribution in [0.4, 0.5) is 0 Å². The molecular formula is C14H30N2+2. The van der Waals surface area contributed by atoms with Gasteiger partial charge in [-0.1, -0.05) is 13.8 Å². The molecule has 2 heteroatoms. The molecule has 0 radical (unpaired) electrons. The summed E-state index contributed by atoms with van der Waals surface area (Å²) in [4.78, 5) is 1.90. The van der Waals surface area contributed by atoms with Crippen LogP contribution >= 0.6 is 0 Å². The molecule has 0 aromatic heterocycles. The minimum absolute atomic E-state index is 0.562. The molecule has 1 aliphatic heterocycles. The molecule has 16 heavy (non-hydrogen) atoms. The summed E-state index contributed by atoms with van der Waals surface area (Å²) in [6.07, 6.45) is 8.62. The zero-order valence-electron chi connectivity index (χ0n) is 11.2. The maximum Gasteiger partial charge on any atom is 0.147 e. The first-order chi connectivity index (χ1) is 7.66. The largest absolute Gasteiger partial charge is 0.352 e. The second-order valence-electron chi connectivity index (χ2n) is 6.50. The van der Waals surface area contributed by atoms with Crippen molar-refractivity contribution in [2.75, 3.05) is 19.6 Å². The molecule has 2 nitrogen and oxygen atoms in total. The van der Waals surface area contributed by atoms with Crippen molar-refractivity contribution in [1.29, 1.82) is 0 Å². The summed E-state index contributed by atoms with van der Waals surface area (Å²) in [7, 11) is 0. The van der Waals surface area contributed by atoms with Crippen LogP contribution in [0.2, 0.25) is 0 Å². The third-order valence-electron chi connectivity index (χ3n) is 5.34. The number of nitrogens with one attached hydrogen (secondary N) is 1. The van der Waals surface area contributed by atoms with Crippen LogP contribution in [0.5, 0.6) is 0 Å². The molecule has 0 atom stereocenters. The Kier molecular flexibility index (Phi) is 3.91. The van der Waals surface area contributed by atoms with E-state index in [9.17, 15) is 0 Å². The van der Waals surface area contributed by atoms with Gasteiger partial charge in [0.25, 0.3) is 0 Å². The summed E-state index contributed by atoms with van der Waals surface area (Å²) >= 11 is 0. The van der Waals surface area contributed by atoms with E-state index in [4.69, 9.17) is 0 Å². The number of piperidine rings is 1. The van der Waals surface area contributed by atoms with Gasteiger partial charge in [-0.15, -0.1) is 0 Å². The lowest BCUT2D eigenvalue weighted by molar-refractivity contribution is -0.966. The van der Waals surface area contributed by atoms with E-state index < -0.39 is 0 Å². The summed E-state index contributed by atoms with van der Waals surface area (Å²) in [5.74, 6) is 1.93. The molecule has 0 spiro atoms. The van der Waals surface area contributed by atoms with Gasteiger partial charge in [0.1, 0.15) is 12.1 Å². The molecule has 1 heterocycles. The maximum absolute atomic E-state index is 4.28. The highest BCUT2D eigenvalue weighted by atomic mass is 15.2. The molecule has 2 aliphatic rings. The van der Waals surface area contributed by atoms with E-state index >= 15 is 0 Å². The Morgan fingerprint density at radius 3 is 2.00 bits per heavy atom. The van der Waals surface area contributed by atoms with Crippen LogP contribution in [0.1, 0.15) is 52.4 Å². The van der Waals surface area contributed by atoms with Crippen molar-refractivity contribution in [3.63, 3.8) is 0 Å². The van der Waals surface area contributed by atoms with E-state index in [0.717, 1.165) is 18.4 Å². The monoisotopic (exact) mass is 226 g/mol. The summed E-state index contributed by atoms with van der Waals surface area (Å²) in [5.41, 5.74) is 4.84. The molecule has 2 fully saturated rings. The minimum Gasteiger partial charge on any atom is -0.352 e. The lowest BCUT2D eigenvalue weighted by atomic mass is 9.75. The van der Waals surface area contributed by atoms with E-state index in [-0.39, 0.29) is 0 Å². The third-order valence-corrected chi connectivity index (χ3v) is 5.34. The highest BCUT2D eigenvalue weighted by Crippen LogP contribution is 2.29. The Morgan fingerprint density at radius 2 is 1.50 bits per heavy atom. The first-order valence-electron chi connectivity index (χ1n) is 7.31. The second kappa shape index (κ2) is 5.05. The number of rotatable bonds is 2. The van der Waals surface area contributed by atoms with E-state index in [1.54, 1.807) is 0 Å². The summed E-state index contributed by atoms with van der Waals surface area (Å²) in [5, 5.41) is 0. The summed E-state index contributed by atoms with van der Waals surface area (Å²) in [6, 6.07) is 0. The molecule has 0 aromatic carbocycles. The van der Waals surface area contributed by atoms with Gasteiger partial charge in [0.05, 0.1) is 13.1 Å². The quantitative estimate of drug-likeness (QED) is 0.687.